The van der Waals surface area contributed by atoms with Crippen LogP contribution in [-0.4, -0.2) is 46.4 Å². The molecule has 2 heterocycles. The number of aryl methyl sites for hydroxylation is 2. The zero-order valence-electron chi connectivity index (χ0n) is 21.9. The van der Waals surface area contributed by atoms with E-state index in [2.05, 4.69) is 61.5 Å². The summed E-state index contributed by atoms with van der Waals surface area (Å²) in [7, 11) is -3.67. The van der Waals surface area contributed by atoms with Gasteiger partial charge in [-0.15, -0.1) is 0 Å². The lowest BCUT2D eigenvalue weighted by Crippen LogP contribution is -2.40. The molecule has 1 aliphatic heterocycles. The van der Waals surface area contributed by atoms with Crippen molar-refractivity contribution in [2.45, 2.75) is 59.4 Å². The molecule has 0 spiro atoms. The van der Waals surface area contributed by atoms with E-state index in [-0.39, 0.29) is 18.1 Å². The van der Waals surface area contributed by atoms with E-state index in [0.717, 1.165) is 44.4 Å². The number of methoxy groups -OCH3 is 1. The van der Waals surface area contributed by atoms with Gasteiger partial charge in [0.15, 0.2) is 0 Å². The van der Waals surface area contributed by atoms with E-state index < -0.39 is 18.1 Å². The Balaban J connectivity index is 2.02. The van der Waals surface area contributed by atoms with E-state index in [1.165, 1.54) is 7.11 Å². The number of anilines is 1. The van der Waals surface area contributed by atoms with Crippen LogP contribution in [0.2, 0.25) is 25.7 Å². The molecule has 0 saturated carbocycles. The minimum atomic E-state index is -3.51. The summed E-state index contributed by atoms with van der Waals surface area (Å²) >= 11 is 0. The number of hydrogen-bond acceptors (Lipinski definition) is 4. The third-order valence-corrected chi connectivity index (χ3v) is 10.9. The monoisotopic (exact) mass is 512 g/mol. The third-order valence-electron chi connectivity index (χ3n) is 7.02. The fraction of sp³-hybridized carbons (Fsp3) is 0.444. The maximum Gasteiger partial charge on any atom is 0.310 e. The molecule has 35 heavy (non-hydrogen) atoms. The summed E-state index contributed by atoms with van der Waals surface area (Å²) in [5.74, 6) is -0.191. The number of carbonyl (C=O) groups excluding carboxylic acids is 1. The molecule has 1 aromatic heterocycles. The number of carbonyl (C=O) groups is 1. The molecule has 1 aliphatic rings. The molecule has 188 valence electrons. The Bertz CT molecular complexity index is 1400. The molecular weight excluding hydrogens is 476 g/mol. The highest BCUT2D eigenvalue weighted by atomic mass is 32.2. The number of esters is 1. The van der Waals surface area contributed by atoms with E-state index in [1.807, 2.05) is 13.8 Å². The molecule has 0 atom stereocenters. The number of aromatic nitrogens is 1. The summed E-state index contributed by atoms with van der Waals surface area (Å²) in [4.78, 5) is 12.5. The smallest absolute Gasteiger partial charge is 0.310 e. The number of ether oxygens (including phenoxy) is 1. The highest BCUT2D eigenvalue weighted by molar-refractivity contribution is 7.92. The first-order valence-corrected chi connectivity index (χ1v) is 17.5. The van der Waals surface area contributed by atoms with Crippen LogP contribution in [0.3, 0.4) is 0 Å². The van der Waals surface area contributed by atoms with Crippen molar-refractivity contribution in [1.82, 2.24) is 4.57 Å². The molecule has 8 heteroatoms. The molecule has 2 aromatic carbocycles. The number of sulfonamides is 1. The predicted octanol–water partition coefficient (Wildman–Crippen LogP) is 5.44. The van der Waals surface area contributed by atoms with Gasteiger partial charge in [-0.05, 0) is 55.1 Å². The van der Waals surface area contributed by atoms with Crippen LogP contribution < -0.4 is 4.31 Å². The Morgan fingerprint density at radius 3 is 2.31 bits per heavy atom. The van der Waals surface area contributed by atoms with Gasteiger partial charge < -0.3 is 9.30 Å². The van der Waals surface area contributed by atoms with E-state index in [1.54, 1.807) is 4.31 Å². The second-order valence-corrected chi connectivity index (χ2v) is 18.5. The van der Waals surface area contributed by atoms with E-state index in [9.17, 15) is 13.2 Å². The molecule has 0 aliphatic carbocycles. The van der Waals surface area contributed by atoms with Gasteiger partial charge in [0.1, 0.15) is 0 Å². The molecule has 0 N–H and O–H groups in total. The molecular formula is C27H36N2O4SSi. The third kappa shape index (κ3) is 4.78. The molecule has 0 bridgehead atoms. The number of nitrogens with zero attached hydrogens (tertiary/aromatic N) is 2. The van der Waals surface area contributed by atoms with Gasteiger partial charge in [0.05, 0.1) is 37.0 Å². The normalized spacial score (nSPS) is 14.0. The van der Waals surface area contributed by atoms with Crippen LogP contribution in [0.4, 0.5) is 5.69 Å². The van der Waals surface area contributed by atoms with Crippen molar-refractivity contribution in [2.24, 2.45) is 0 Å². The molecule has 6 nitrogen and oxygen atoms in total. The molecule has 0 saturated heterocycles. The van der Waals surface area contributed by atoms with Gasteiger partial charge in [-0.1, -0.05) is 49.5 Å². The average Bonchev–Trinajstić information content (AvgIpc) is 3.12. The van der Waals surface area contributed by atoms with E-state index in [4.69, 9.17) is 4.74 Å². The van der Waals surface area contributed by atoms with Crippen LogP contribution in [0.1, 0.15) is 22.4 Å². The van der Waals surface area contributed by atoms with Crippen LogP contribution >= 0.6 is 0 Å². The number of benzene rings is 2. The Morgan fingerprint density at radius 1 is 1.06 bits per heavy atom. The number of rotatable bonds is 7. The Labute approximate surface area is 210 Å². The van der Waals surface area contributed by atoms with Crippen molar-refractivity contribution in [3.8, 4) is 11.1 Å². The van der Waals surface area contributed by atoms with Crippen molar-refractivity contribution >= 4 is 40.7 Å². The zero-order chi connectivity index (χ0) is 25.7. The summed E-state index contributed by atoms with van der Waals surface area (Å²) in [5.41, 5.74) is 7.54. The second kappa shape index (κ2) is 9.13. The topological polar surface area (TPSA) is 68.6 Å². The lowest BCUT2D eigenvalue weighted by Gasteiger charge is -2.34. The van der Waals surface area contributed by atoms with E-state index in [0.29, 0.717) is 24.8 Å². The fourth-order valence-corrected chi connectivity index (χ4v) is 9.56. The number of hydrogen-bond donors (Lipinski definition) is 0. The minimum absolute atomic E-state index is 0.0848. The van der Waals surface area contributed by atoms with Crippen molar-refractivity contribution in [3.63, 3.8) is 0 Å². The maximum absolute atomic E-state index is 13.7. The van der Waals surface area contributed by atoms with Crippen molar-refractivity contribution in [2.75, 3.05) is 23.7 Å². The molecule has 0 radical (unpaired) electrons. The highest BCUT2D eigenvalue weighted by Gasteiger charge is 2.34. The minimum Gasteiger partial charge on any atom is -0.469 e. The predicted molar refractivity (Wildman–Crippen MR) is 147 cm³/mol. The summed E-state index contributed by atoms with van der Waals surface area (Å²) in [6, 6.07) is 11.1. The highest BCUT2D eigenvalue weighted by Crippen LogP contribution is 2.45. The Kier molecular flexibility index (Phi) is 6.66. The summed E-state index contributed by atoms with van der Waals surface area (Å²) in [6.45, 7) is 13.7. The largest absolute Gasteiger partial charge is 0.469 e. The Hall–Kier alpha value is -2.58. The van der Waals surface area contributed by atoms with Gasteiger partial charge in [-0.3, -0.25) is 9.10 Å². The van der Waals surface area contributed by atoms with Crippen molar-refractivity contribution in [3.05, 3.63) is 52.7 Å². The van der Waals surface area contributed by atoms with Gasteiger partial charge in [-0.2, -0.15) is 0 Å². The van der Waals surface area contributed by atoms with Crippen LogP contribution in [0.5, 0.6) is 0 Å². The molecule has 3 aromatic rings. The van der Waals surface area contributed by atoms with Crippen molar-refractivity contribution < 1.29 is 17.9 Å². The van der Waals surface area contributed by atoms with Gasteiger partial charge in [-0.25, -0.2) is 8.42 Å². The van der Waals surface area contributed by atoms with Crippen LogP contribution in [0, 0.1) is 20.8 Å². The van der Waals surface area contributed by atoms with Gasteiger partial charge in [0, 0.05) is 25.7 Å². The maximum atomic E-state index is 13.7. The van der Waals surface area contributed by atoms with Gasteiger partial charge in [0.25, 0.3) is 0 Å². The zero-order valence-corrected chi connectivity index (χ0v) is 23.7. The van der Waals surface area contributed by atoms with Crippen LogP contribution in [-0.2, 0) is 32.5 Å². The molecule has 0 unspecified atom stereocenters. The Morgan fingerprint density at radius 2 is 1.71 bits per heavy atom. The standard InChI is InChI=1S/C27H36N2O4SSi/c1-18-8-10-21(11-9-18)25-22(17-24(30)33-4)20(3)26-27-23(25)16-19(2)28(27)12-13-29(26)34(31,32)14-15-35(5,6)7/h8-11,16H,12-15,17H2,1-7H3. The van der Waals surface area contributed by atoms with E-state index >= 15 is 0 Å². The molecule has 0 fully saturated rings. The first-order chi connectivity index (χ1) is 16.3. The summed E-state index contributed by atoms with van der Waals surface area (Å²) in [6.07, 6.45) is 0.0848. The molecule has 0 amide bonds. The summed E-state index contributed by atoms with van der Waals surface area (Å²) in [5, 5.41) is 0.982. The SMILES string of the molecule is COC(=O)Cc1c(C)c2c3c(cc(C)n3CCN2S(=O)(=O)CC[Si](C)(C)C)c1-c1ccc(C)cc1. The van der Waals surface area contributed by atoms with Gasteiger partial charge >= 0.3 is 5.97 Å². The lowest BCUT2D eigenvalue weighted by molar-refractivity contribution is -0.139. The first-order valence-electron chi connectivity index (χ1n) is 12.1. The first kappa shape index (κ1) is 25.5. The fourth-order valence-electron chi connectivity index (χ4n) is 5.00. The van der Waals surface area contributed by atoms with Crippen LogP contribution in [0.15, 0.2) is 30.3 Å². The lowest BCUT2D eigenvalue weighted by atomic mass is 9.89. The second-order valence-electron chi connectivity index (χ2n) is 10.8. The van der Waals surface area contributed by atoms with Gasteiger partial charge in [0.2, 0.25) is 10.0 Å². The molecule has 4 rings (SSSR count). The van der Waals surface area contributed by atoms with Crippen molar-refractivity contribution in [1.29, 1.82) is 0 Å². The quantitative estimate of drug-likeness (QED) is 0.312. The van der Waals surface area contributed by atoms with Crippen LogP contribution in [0.25, 0.3) is 22.0 Å². The summed E-state index contributed by atoms with van der Waals surface area (Å²) < 4.78 is 36.2. The average molecular weight is 513 g/mol.